The molecule has 2 atom stereocenters. The molecule has 0 spiro atoms. The van der Waals surface area contributed by atoms with Gasteiger partial charge in [0.05, 0.1) is 12.6 Å². The lowest BCUT2D eigenvalue weighted by molar-refractivity contribution is 0.0119. The zero-order chi connectivity index (χ0) is 15.8. The molecule has 122 valence electrons. The maximum absolute atomic E-state index is 11.8. The Labute approximate surface area is 132 Å². The molecule has 22 heavy (non-hydrogen) atoms. The van der Waals surface area contributed by atoms with Crippen molar-refractivity contribution in [3.8, 4) is 0 Å². The van der Waals surface area contributed by atoms with E-state index in [9.17, 15) is 9.90 Å². The second-order valence-corrected chi connectivity index (χ2v) is 6.03. The van der Waals surface area contributed by atoms with Crippen LogP contribution in [0, 0.1) is 0 Å². The summed E-state index contributed by atoms with van der Waals surface area (Å²) in [7, 11) is 0. The lowest BCUT2D eigenvalue weighted by Crippen LogP contribution is -2.44. The summed E-state index contributed by atoms with van der Waals surface area (Å²) >= 11 is 0. The summed E-state index contributed by atoms with van der Waals surface area (Å²) in [4.78, 5) is 11.8. The van der Waals surface area contributed by atoms with Crippen LogP contribution in [0.25, 0.3) is 0 Å². The highest BCUT2D eigenvalue weighted by Gasteiger charge is 2.23. The molecule has 1 aliphatic rings. The third-order valence-corrected chi connectivity index (χ3v) is 4.01. The first-order valence-electron chi connectivity index (χ1n) is 7.99. The predicted octanol–water partition coefficient (Wildman–Crippen LogP) is 2.15. The van der Waals surface area contributed by atoms with Crippen LogP contribution in [-0.4, -0.2) is 36.9 Å². The summed E-state index contributed by atoms with van der Waals surface area (Å²) in [5.41, 5.74) is -0.295. The molecule has 3 N–H and O–H groups in total. The van der Waals surface area contributed by atoms with Crippen molar-refractivity contribution in [1.82, 2.24) is 10.6 Å². The number of carbonyl (C=O) groups is 1. The van der Waals surface area contributed by atoms with Gasteiger partial charge in [-0.05, 0) is 38.2 Å². The van der Waals surface area contributed by atoms with Crippen molar-refractivity contribution >= 4 is 6.03 Å². The molecule has 0 aromatic heterocycles. The Morgan fingerprint density at radius 2 is 2.09 bits per heavy atom. The Morgan fingerprint density at radius 3 is 2.77 bits per heavy atom. The summed E-state index contributed by atoms with van der Waals surface area (Å²) < 4.78 is 5.62. The van der Waals surface area contributed by atoms with Gasteiger partial charge in [-0.2, -0.15) is 0 Å². The molecule has 2 amide bonds. The topological polar surface area (TPSA) is 70.6 Å². The number of urea groups is 1. The number of nitrogens with one attached hydrogen (secondary N) is 2. The smallest absolute Gasteiger partial charge is 0.314 e. The number of rotatable bonds is 6. The third kappa shape index (κ3) is 5.31. The summed E-state index contributed by atoms with van der Waals surface area (Å²) in [5, 5.41) is 15.9. The highest BCUT2D eigenvalue weighted by molar-refractivity contribution is 5.73. The molecular formula is C17H26N2O3. The summed E-state index contributed by atoms with van der Waals surface area (Å²) in [6.07, 6.45) is 4.52. The minimum absolute atomic E-state index is 0.169. The van der Waals surface area contributed by atoms with Gasteiger partial charge >= 0.3 is 6.03 Å². The van der Waals surface area contributed by atoms with Crippen molar-refractivity contribution in [3.63, 3.8) is 0 Å². The molecule has 2 rings (SSSR count). The second kappa shape index (κ2) is 8.15. The molecular weight excluding hydrogens is 280 g/mol. The molecule has 5 nitrogen and oxygen atoms in total. The van der Waals surface area contributed by atoms with Crippen LogP contribution < -0.4 is 10.6 Å². The molecule has 1 heterocycles. The summed E-state index contributed by atoms with van der Waals surface area (Å²) in [6, 6.07) is 9.07. The van der Waals surface area contributed by atoms with Crippen molar-refractivity contribution in [2.45, 2.75) is 44.3 Å². The first kappa shape index (κ1) is 16.8. The summed E-state index contributed by atoms with van der Waals surface area (Å²) in [6.45, 7) is 3.28. The number of carbonyl (C=O) groups excluding carboxylic acids is 1. The van der Waals surface area contributed by atoms with Gasteiger partial charge in [0.25, 0.3) is 0 Å². The predicted molar refractivity (Wildman–Crippen MR) is 85.6 cm³/mol. The minimum Gasteiger partial charge on any atom is -0.384 e. The van der Waals surface area contributed by atoms with E-state index in [0.717, 1.165) is 31.4 Å². The lowest BCUT2D eigenvalue weighted by Gasteiger charge is -2.25. The van der Waals surface area contributed by atoms with Crippen LogP contribution in [0.15, 0.2) is 30.3 Å². The fourth-order valence-electron chi connectivity index (χ4n) is 2.60. The molecule has 1 saturated heterocycles. The van der Waals surface area contributed by atoms with E-state index >= 15 is 0 Å². The van der Waals surface area contributed by atoms with E-state index in [-0.39, 0.29) is 18.7 Å². The van der Waals surface area contributed by atoms with Gasteiger partial charge in [0, 0.05) is 13.2 Å². The van der Waals surface area contributed by atoms with Gasteiger partial charge in [0.15, 0.2) is 0 Å². The lowest BCUT2D eigenvalue weighted by atomic mass is 9.96. The van der Waals surface area contributed by atoms with Crippen LogP contribution in [0.3, 0.4) is 0 Å². The van der Waals surface area contributed by atoms with Gasteiger partial charge in [-0.1, -0.05) is 30.3 Å². The normalized spacial score (nSPS) is 20.9. The maximum Gasteiger partial charge on any atom is 0.314 e. The number of benzene rings is 1. The number of ether oxygens (including phenoxy) is 1. The Hall–Kier alpha value is -1.59. The van der Waals surface area contributed by atoms with Gasteiger partial charge in [0.2, 0.25) is 0 Å². The van der Waals surface area contributed by atoms with Crippen LogP contribution >= 0.6 is 0 Å². The molecule has 5 heteroatoms. The Balaban J connectivity index is 1.66. The van der Waals surface area contributed by atoms with Crippen LogP contribution in [0.2, 0.25) is 0 Å². The van der Waals surface area contributed by atoms with Crippen LogP contribution in [-0.2, 0) is 10.3 Å². The van der Waals surface area contributed by atoms with Crippen molar-refractivity contribution in [2.75, 3.05) is 19.7 Å². The van der Waals surface area contributed by atoms with E-state index in [0.29, 0.717) is 6.54 Å². The Morgan fingerprint density at radius 1 is 1.32 bits per heavy atom. The van der Waals surface area contributed by atoms with E-state index in [1.165, 1.54) is 6.42 Å². The quantitative estimate of drug-likeness (QED) is 0.754. The minimum atomic E-state index is -1.08. The average molecular weight is 306 g/mol. The third-order valence-electron chi connectivity index (χ3n) is 4.01. The van der Waals surface area contributed by atoms with Crippen molar-refractivity contribution in [3.05, 3.63) is 35.9 Å². The van der Waals surface area contributed by atoms with Crippen LogP contribution in [0.4, 0.5) is 4.79 Å². The maximum atomic E-state index is 11.8. The van der Waals surface area contributed by atoms with E-state index in [4.69, 9.17) is 4.74 Å². The van der Waals surface area contributed by atoms with Crippen molar-refractivity contribution in [1.29, 1.82) is 0 Å². The van der Waals surface area contributed by atoms with E-state index < -0.39 is 5.60 Å². The van der Waals surface area contributed by atoms with Gasteiger partial charge in [-0.3, -0.25) is 0 Å². The highest BCUT2D eigenvalue weighted by atomic mass is 16.5. The molecule has 2 unspecified atom stereocenters. The molecule has 1 aliphatic heterocycles. The monoisotopic (exact) mass is 306 g/mol. The van der Waals surface area contributed by atoms with Crippen LogP contribution in [0.5, 0.6) is 0 Å². The molecule has 1 aromatic rings. The number of hydrogen-bond acceptors (Lipinski definition) is 3. The second-order valence-electron chi connectivity index (χ2n) is 6.03. The van der Waals surface area contributed by atoms with Gasteiger partial charge in [0.1, 0.15) is 5.60 Å². The van der Waals surface area contributed by atoms with E-state index in [1.807, 2.05) is 30.3 Å². The van der Waals surface area contributed by atoms with E-state index in [2.05, 4.69) is 10.6 Å². The number of aliphatic hydroxyl groups is 1. The molecule has 0 radical (unpaired) electrons. The van der Waals surface area contributed by atoms with Crippen molar-refractivity contribution in [2.24, 2.45) is 0 Å². The SMILES string of the molecule is CC(O)(CNC(=O)NCCC1CCCCO1)c1ccccc1. The fraction of sp³-hybridized carbons (Fsp3) is 0.588. The Bertz CT molecular complexity index is 456. The number of amides is 2. The largest absolute Gasteiger partial charge is 0.384 e. The molecule has 0 saturated carbocycles. The first-order valence-corrected chi connectivity index (χ1v) is 7.99. The van der Waals surface area contributed by atoms with Gasteiger partial charge < -0.3 is 20.5 Å². The zero-order valence-corrected chi connectivity index (χ0v) is 13.2. The number of hydrogen-bond donors (Lipinski definition) is 3. The molecule has 0 aliphatic carbocycles. The molecule has 0 bridgehead atoms. The van der Waals surface area contributed by atoms with E-state index in [1.54, 1.807) is 6.92 Å². The van der Waals surface area contributed by atoms with Crippen molar-refractivity contribution < 1.29 is 14.6 Å². The Kier molecular flexibility index (Phi) is 6.21. The highest BCUT2D eigenvalue weighted by Crippen LogP contribution is 2.18. The molecule has 1 aromatic carbocycles. The standard InChI is InChI=1S/C17H26N2O3/c1-17(21,14-7-3-2-4-8-14)13-19-16(20)18-11-10-15-9-5-6-12-22-15/h2-4,7-8,15,21H,5-6,9-13H2,1H3,(H2,18,19,20). The van der Waals surface area contributed by atoms with Gasteiger partial charge in [-0.25, -0.2) is 4.79 Å². The molecule has 1 fully saturated rings. The van der Waals surface area contributed by atoms with Crippen LogP contribution in [0.1, 0.15) is 38.2 Å². The summed E-state index contributed by atoms with van der Waals surface area (Å²) in [5.74, 6) is 0. The first-order chi connectivity index (χ1) is 10.6. The fourth-order valence-corrected chi connectivity index (χ4v) is 2.60. The van der Waals surface area contributed by atoms with Gasteiger partial charge in [-0.15, -0.1) is 0 Å². The average Bonchev–Trinajstić information content (AvgIpc) is 2.55. The zero-order valence-electron chi connectivity index (χ0n) is 13.2.